The minimum absolute atomic E-state index is 0.238. The van der Waals surface area contributed by atoms with Crippen molar-refractivity contribution in [1.82, 2.24) is 4.98 Å². The van der Waals surface area contributed by atoms with Crippen LogP contribution in [-0.4, -0.2) is 29.3 Å². The molecule has 1 saturated heterocycles. The van der Waals surface area contributed by atoms with Gasteiger partial charge < -0.3 is 10.0 Å². The van der Waals surface area contributed by atoms with Crippen molar-refractivity contribution in [2.75, 3.05) is 18.1 Å². The number of nitrogens with zero attached hydrogens (tertiary/aromatic N) is 2. The van der Waals surface area contributed by atoms with Crippen molar-refractivity contribution in [3.05, 3.63) is 23.5 Å². The van der Waals surface area contributed by atoms with E-state index < -0.39 is 35.3 Å². The largest absolute Gasteiger partial charge is 0.394 e. The molecule has 1 aliphatic heterocycles. The van der Waals surface area contributed by atoms with Crippen LogP contribution in [0.4, 0.5) is 23.2 Å². The van der Waals surface area contributed by atoms with Gasteiger partial charge in [-0.25, -0.2) is 0 Å². The minimum Gasteiger partial charge on any atom is -0.394 e. The molecule has 3 nitrogen and oxygen atoms in total. The van der Waals surface area contributed by atoms with Gasteiger partial charge in [0, 0.05) is 6.54 Å². The Balaban J connectivity index is 2.50. The molecular weight excluding hydrogens is 240 g/mol. The minimum atomic E-state index is -1.68. The molecule has 1 N–H and O–H groups in total. The van der Waals surface area contributed by atoms with Gasteiger partial charge in [0.1, 0.15) is 5.69 Å². The first kappa shape index (κ1) is 12.1. The highest BCUT2D eigenvalue weighted by Gasteiger charge is 2.32. The molecule has 0 aromatic carbocycles. The molecule has 1 atom stereocenters. The molecule has 0 amide bonds. The number of halogens is 4. The third-order valence-electron chi connectivity index (χ3n) is 2.85. The summed E-state index contributed by atoms with van der Waals surface area (Å²) < 4.78 is 52.7. The standard InChI is InChI=1S/C10H10F4N2O/c11-6-8(7(12)10(14)15-9(6)13)16-3-1-2-5(16)4-17/h5,17H,1-4H2. The Kier molecular flexibility index (Phi) is 3.19. The van der Waals surface area contributed by atoms with Gasteiger partial charge in [-0.2, -0.15) is 22.5 Å². The summed E-state index contributed by atoms with van der Waals surface area (Å²) in [6.45, 7) is -0.0909. The second-order valence-corrected chi connectivity index (χ2v) is 3.84. The van der Waals surface area contributed by atoms with E-state index in [9.17, 15) is 17.6 Å². The molecule has 1 aliphatic rings. The number of rotatable bonds is 2. The van der Waals surface area contributed by atoms with Crippen molar-refractivity contribution < 1.29 is 22.7 Å². The van der Waals surface area contributed by atoms with E-state index in [1.807, 2.05) is 0 Å². The van der Waals surface area contributed by atoms with Gasteiger partial charge in [0.05, 0.1) is 12.6 Å². The number of aliphatic hydroxyl groups excluding tert-OH is 1. The molecule has 0 bridgehead atoms. The maximum absolute atomic E-state index is 13.4. The predicted molar refractivity (Wildman–Crippen MR) is 51.5 cm³/mol. The summed E-state index contributed by atoms with van der Waals surface area (Å²) in [5.74, 6) is -6.40. The van der Waals surface area contributed by atoms with Gasteiger partial charge in [-0.1, -0.05) is 0 Å². The van der Waals surface area contributed by atoms with Crippen molar-refractivity contribution >= 4 is 5.69 Å². The number of hydrogen-bond donors (Lipinski definition) is 1. The van der Waals surface area contributed by atoms with Gasteiger partial charge in [-0.15, -0.1) is 0 Å². The summed E-state index contributed by atoms with van der Waals surface area (Å²) in [4.78, 5) is 3.62. The van der Waals surface area contributed by atoms with Gasteiger partial charge in [0.2, 0.25) is 11.6 Å². The fourth-order valence-electron chi connectivity index (χ4n) is 2.05. The Bertz CT molecular complexity index is 415. The third-order valence-corrected chi connectivity index (χ3v) is 2.85. The van der Waals surface area contributed by atoms with Crippen LogP contribution in [0.2, 0.25) is 0 Å². The van der Waals surface area contributed by atoms with Gasteiger partial charge in [0.15, 0.2) is 0 Å². The highest BCUT2D eigenvalue weighted by Crippen LogP contribution is 2.31. The summed E-state index contributed by atoms with van der Waals surface area (Å²) in [6, 6.07) is -0.528. The van der Waals surface area contributed by atoms with Gasteiger partial charge in [0.25, 0.3) is 11.9 Å². The molecule has 2 heterocycles. The van der Waals surface area contributed by atoms with Crippen LogP contribution in [-0.2, 0) is 0 Å². The van der Waals surface area contributed by atoms with E-state index in [4.69, 9.17) is 5.11 Å². The lowest BCUT2D eigenvalue weighted by Crippen LogP contribution is -2.34. The molecule has 1 unspecified atom stereocenters. The number of hydrogen-bond acceptors (Lipinski definition) is 3. The zero-order chi connectivity index (χ0) is 12.6. The first-order valence-corrected chi connectivity index (χ1v) is 5.13. The smallest absolute Gasteiger partial charge is 0.253 e. The number of aromatic nitrogens is 1. The fourth-order valence-corrected chi connectivity index (χ4v) is 2.05. The van der Waals surface area contributed by atoms with Crippen LogP contribution in [0.1, 0.15) is 12.8 Å². The van der Waals surface area contributed by atoms with Gasteiger partial charge in [-0.05, 0) is 12.8 Å². The van der Waals surface area contributed by atoms with E-state index in [1.165, 1.54) is 0 Å². The van der Waals surface area contributed by atoms with Crippen molar-refractivity contribution in [2.45, 2.75) is 18.9 Å². The van der Waals surface area contributed by atoms with Crippen LogP contribution >= 0.6 is 0 Å². The molecule has 94 valence electrons. The summed E-state index contributed by atoms with van der Waals surface area (Å²) >= 11 is 0. The molecule has 0 spiro atoms. The van der Waals surface area contributed by atoms with Crippen LogP contribution in [0.3, 0.4) is 0 Å². The number of anilines is 1. The second kappa shape index (κ2) is 4.48. The summed E-state index contributed by atoms with van der Waals surface area (Å²) in [7, 11) is 0. The number of aliphatic hydroxyl groups is 1. The summed E-state index contributed by atoms with van der Waals surface area (Å²) in [5.41, 5.74) is -0.786. The van der Waals surface area contributed by atoms with E-state index in [-0.39, 0.29) is 13.2 Å². The summed E-state index contributed by atoms with van der Waals surface area (Å²) in [5, 5.41) is 9.03. The Morgan fingerprint density at radius 2 is 1.76 bits per heavy atom. The van der Waals surface area contributed by atoms with Gasteiger partial charge >= 0.3 is 0 Å². The zero-order valence-electron chi connectivity index (χ0n) is 8.76. The lowest BCUT2D eigenvalue weighted by Gasteiger charge is -2.25. The lowest BCUT2D eigenvalue weighted by atomic mass is 10.2. The van der Waals surface area contributed by atoms with Crippen molar-refractivity contribution in [1.29, 1.82) is 0 Å². The van der Waals surface area contributed by atoms with E-state index in [2.05, 4.69) is 4.98 Å². The highest BCUT2D eigenvalue weighted by atomic mass is 19.2. The molecular formula is C10H10F4N2O. The SMILES string of the molecule is OCC1CCCN1c1c(F)c(F)nc(F)c1F. The Morgan fingerprint density at radius 1 is 1.18 bits per heavy atom. The molecule has 1 aromatic heterocycles. The fraction of sp³-hybridized carbons (Fsp3) is 0.500. The molecule has 17 heavy (non-hydrogen) atoms. The highest BCUT2D eigenvalue weighted by molar-refractivity contribution is 5.50. The third kappa shape index (κ3) is 1.95. The van der Waals surface area contributed by atoms with Crippen LogP contribution in [0.15, 0.2) is 0 Å². The second-order valence-electron chi connectivity index (χ2n) is 3.84. The Hall–Kier alpha value is -1.37. The van der Waals surface area contributed by atoms with E-state index in [1.54, 1.807) is 0 Å². The summed E-state index contributed by atoms with van der Waals surface area (Å²) in [6.07, 6.45) is 1.11. The van der Waals surface area contributed by atoms with E-state index in [0.717, 1.165) is 4.90 Å². The van der Waals surface area contributed by atoms with E-state index in [0.29, 0.717) is 12.8 Å². The van der Waals surface area contributed by atoms with Crippen LogP contribution in [0.5, 0.6) is 0 Å². The molecule has 0 saturated carbocycles. The van der Waals surface area contributed by atoms with Crippen molar-refractivity contribution in [3.63, 3.8) is 0 Å². The predicted octanol–water partition coefficient (Wildman–Crippen LogP) is 1.60. The topological polar surface area (TPSA) is 36.4 Å². The first-order valence-electron chi connectivity index (χ1n) is 5.13. The van der Waals surface area contributed by atoms with Crippen molar-refractivity contribution in [3.8, 4) is 0 Å². The van der Waals surface area contributed by atoms with Crippen LogP contribution in [0, 0.1) is 23.5 Å². The van der Waals surface area contributed by atoms with Crippen LogP contribution < -0.4 is 4.90 Å². The van der Waals surface area contributed by atoms with Crippen molar-refractivity contribution in [2.24, 2.45) is 0 Å². The zero-order valence-corrected chi connectivity index (χ0v) is 8.76. The average Bonchev–Trinajstić information content (AvgIpc) is 2.75. The maximum atomic E-state index is 13.4. The number of pyridine rings is 1. The lowest BCUT2D eigenvalue weighted by molar-refractivity contribution is 0.264. The molecule has 1 aromatic rings. The molecule has 2 rings (SSSR count). The first-order chi connectivity index (χ1) is 8.06. The average molecular weight is 250 g/mol. The maximum Gasteiger partial charge on any atom is 0.253 e. The molecule has 0 aliphatic carbocycles. The monoisotopic (exact) mass is 250 g/mol. The molecule has 7 heteroatoms. The van der Waals surface area contributed by atoms with E-state index >= 15 is 0 Å². The molecule has 1 fully saturated rings. The van der Waals surface area contributed by atoms with Crippen LogP contribution in [0.25, 0.3) is 0 Å². The Labute approximate surface area is 94.7 Å². The quantitative estimate of drug-likeness (QED) is 0.639. The normalized spacial score (nSPS) is 20.1. The Morgan fingerprint density at radius 3 is 2.29 bits per heavy atom. The van der Waals surface area contributed by atoms with Gasteiger partial charge in [-0.3, -0.25) is 0 Å². The molecule has 0 radical (unpaired) electrons.